The molecule has 1 aliphatic rings. The summed E-state index contributed by atoms with van der Waals surface area (Å²) in [5.41, 5.74) is 0. The fraction of sp³-hybridized carbons (Fsp3) is 1.00. The van der Waals surface area contributed by atoms with Crippen LogP contribution in [0.5, 0.6) is 0 Å². The highest BCUT2D eigenvalue weighted by atomic mass is 16.2. The minimum absolute atomic E-state index is 0.327. The predicted octanol–water partition coefficient (Wildman–Crippen LogP) is 1.71. The van der Waals surface area contributed by atoms with Gasteiger partial charge in [0, 0.05) is 19.2 Å². The minimum Gasteiger partial charge on any atom is -0.396 e. The van der Waals surface area contributed by atoms with E-state index in [2.05, 4.69) is 39.6 Å². The molecule has 1 aliphatic heterocycles. The standard InChI is InChI=1S/C14H31N2O/c1-12(2)15-8-9-16(5,13(3)4)11-14(15)7-6-10-17/h12-14,17H,6-11H2,1-5H3/q+1/t14?,16-/m1/s1. The van der Waals surface area contributed by atoms with Gasteiger partial charge in [-0.25, -0.2) is 0 Å². The summed E-state index contributed by atoms with van der Waals surface area (Å²) in [4.78, 5) is 2.62. The molecule has 1 unspecified atom stereocenters. The van der Waals surface area contributed by atoms with Gasteiger partial charge in [0.25, 0.3) is 0 Å². The number of quaternary nitrogens is 1. The summed E-state index contributed by atoms with van der Waals surface area (Å²) in [5, 5.41) is 9.04. The Balaban J connectivity index is 2.69. The van der Waals surface area contributed by atoms with E-state index < -0.39 is 0 Å². The fourth-order valence-electron chi connectivity index (χ4n) is 2.94. The van der Waals surface area contributed by atoms with Gasteiger partial charge in [-0.1, -0.05) is 0 Å². The monoisotopic (exact) mass is 243 g/mol. The summed E-state index contributed by atoms with van der Waals surface area (Å²) in [6.45, 7) is 13.2. The Bertz CT molecular complexity index is 230. The van der Waals surface area contributed by atoms with Crippen LogP contribution >= 0.6 is 0 Å². The van der Waals surface area contributed by atoms with Crippen molar-refractivity contribution in [1.29, 1.82) is 0 Å². The van der Waals surface area contributed by atoms with E-state index in [0.717, 1.165) is 12.8 Å². The first-order valence-corrected chi connectivity index (χ1v) is 7.11. The first-order valence-electron chi connectivity index (χ1n) is 7.11. The lowest BCUT2D eigenvalue weighted by Gasteiger charge is -2.50. The van der Waals surface area contributed by atoms with E-state index in [1.54, 1.807) is 0 Å². The van der Waals surface area contributed by atoms with Crippen LogP contribution in [0.1, 0.15) is 40.5 Å². The lowest BCUT2D eigenvalue weighted by molar-refractivity contribution is -0.936. The van der Waals surface area contributed by atoms with Crippen LogP contribution in [0.3, 0.4) is 0 Å². The largest absolute Gasteiger partial charge is 0.396 e. The molecular weight excluding hydrogens is 212 g/mol. The van der Waals surface area contributed by atoms with Gasteiger partial charge in [-0.15, -0.1) is 0 Å². The summed E-state index contributed by atoms with van der Waals surface area (Å²) in [6.07, 6.45) is 2.07. The normalized spacial score (nSPS) is 31.4. The zero-order chi connectivity index (χ0) is 13.1. The average Bonchev–Trinajstić information content (AvgIpc) is 2.25. The molecule has 0 bridgehead atoms. The quantitative estimate of drug-likeness (QED) is 0.743. The van der Waals surface area contributed by atoms with Gasteiger partial charge in [-0.2, -0.15) is 0 Å². The van der Waals surface area contributed by atoms with E-state index in [-0.39, 0.29) is 0 Å². The number of nitrogens with zero attached hydrogens (tertiary/aromatic N) is 2. The number of aliphatic hydroxyl groups excluding tert-OH is 1. The molecule has 0 spiro atoms. The molecule has 102 valence electrons. The Morgan fingerprint density at radius 1 is 1.29 bits per heavy atom. The molecule has 0 aliphatic carbocycles. The summed E-state index contributed by atoms with van der Waals surface area (Å²) in [7, 11) is 2.38. The van der Waals surface area contributed by atoms with Crippen molar-refractivity contribution < 1.29 is 9.59 Å². The Labute approximate surface area is 107 Å². The van der Waals surface area contributed by atoms with E-state index in [1.165, 1.54) is 24.1 Å². The third-order valence-electron chi connectivity index (χ3n) is 4.57. The van der Waals surface area contributed by atoms with Crippen molar-refractivity contribution in [1.82, 2.24) is 4.90 Å². The molecule has 3 nitrogen and oxygen atoms in total. The second kappa shape index (κ2) is 6.17. The second-order valence-electron chi connectivity index (χ2n) is 6.33. The van der Waals surface area contributed by atoms with Crippen molar-refractivity contribution in [2.75, 3.05) is 33.3 Å². The molecule has 0 aromatic rings. The van der Waals surface area contributed by atoms with Gasteiger partial charge in [0.05, 0.1) is 32.2 Å². The maximum absolute atomic E-state index is 9.04. The van der Waals surface area contributed by atoms with Crippen LogP contribution in [-0.4, -0.2) is 65.9 Å². The third kappa shape index (κ3) is 3.67. The number of likely N-dealkylation sites (N-methyl/N-ethyl adjacent to an activating group) is 1. The molecule has 0 aromatic heterocycles. The van der Waals surface area contributed by atoms with E-state index in [9.17, 15) is 0 Å². The summed E-state index contributed by atoms with van der Waals surface area (Å²) in [6, 6.07) is 1.96. The van der Waals surface area contributed by atoms with Crippen LogP contribution in [-0.2, 0) is 0 Å². The van der Waals surface area contributed by atoms with Crippen molar-refractivity contribution >= 4 is 0 Å². The Hall–Kier alpha value is -0.120. The first-order chi connectivity index (χ1) is 7.90. The summed E-state index contributed by atoms with van der Waals surface area (Å²) in [5.74, 6) is 0. The maximum Gasteiger partial charge on any atom is 0.0945 e. The van der Waals surface area contributed by atoms with Crippen LogP contribution in [0.25, 0.3) is 0 Å². The summed E-state index contributed by atoms with van der Waals surface area (Å²) < 4.78 is 1.18. The molecule has 1 N–H and O–H groups in total. The van der Waals surface area contributed by atoms with Crippen molar-refractivity contribution in [3.8, 4) is 0 Å². The highest BCUT2D eigenvalue weighted by molar-refractivity contribution is 4.79. The molecule has 1 saturated heterocycles. The predicted molar refractivity (Wildman–Crippen MR) is 73.0 cm³/mol. The van der Waals surface area contributed by atoms with Gasteiger partial charge in [-0.3, -0.25) is 4.90 Å². The van der Waals surface area contributed by atoms with Crippen molar-refractivity contribution in [2.24, 2.45) is 0 Å². The molecule has 0 aromatic carbocycles. The van der Waals surface area contributed by atoms with Gasteiger partial charge < -0.3 is 9.59 Å². The molecule has 17 heavy (non-hydrogen) atoms. The maximum atomic E-state index is 9.04. The lowest BCUT2D eigenvalue weighted by Crippen LogP contribution is -2.65. The number of aliphatic hydroxyl groups is 1. The third-order valence-corrected chi connectivity index (χ3v) is 4.57. The number of hydrogen-bond acceptors (Lipinski definition) is 2. The second-order valence-corrected chi connectivity index (χ2v) is 6.33. The lowest BCUT2D eigenvalue weighted by atomic mass is 10.0. The minimum atomic E-state index is 0.327. The van der Waals surface area contributed by atoms with Crippen LogP contribution in [0.4, 0.5) is 0 Å². The van der Waals surface area contributed by atoms with Crippen molar-refractivity contribution in [3.05, 3.63) is 0 Å². The average molecular weight is 243 g/mol. The number of piperazine rings is 1. The Morgan fingerprint density at radius 3 is 2.41 bits per heavy atom. The van der Waals surface area contributed by atoms with Gasteiger partial charge >= 0.3 is 0 Å². The smallest absolute Gasteiger partial charge is 0.0945 e. The fourth-order valence-corrected chi connectivity index (χ4v) is 2.94. The zero-order valence-electron chi connectivity index (χ0n) is 12.3. The molecule has 2 atom stereocenters. The number of rotatable bonds is 5. The highest BCUT2D eigenvalue weighted by Gasteiger charge is 2.38. The Kier molecular flexibility index (Phi) is 5.42. The molecular formula is C14H31N2O+. The highest BCUT2D eigenvalue weighted by Crippen LogP contribution is 2.23. The molecule has 1 rings (SSSR count). The van der Waals surface area contributed by atoms with E-state index in [4.69, 9.17) is 5.11 Å². The van der Waals surface area contributed by atoms with Crippen LogP contribution in [0, 0.1) is 0 Å². The molecule has 1 heterocycles. The van der Waals surface area contributed by atoms with Gasteiger partial charge in [-0.05, 0) is 40.5 Å². The van der Waals surface area contributed by atoms with E-state index in [1.807, 2.05) is 0 Å². The van der Waals surface area contributed by atoms with E-state index >= 15 is 0 Å². The van der Waals surface area contributed by atoms with Crippen molar-refractivity contribution in [3.63, 3.8) is 0 Å². The summed E-state index contributed by atoms with van der Waals surface area (Å²) >= 11 is 0. The topological polar surface area (TPSA) is 23.5 Å². The molecule has 3 heteroatoms. The van der Waals surface area contributed by atoms with Gasteiger partial charge in [0.2, 0.25) is 0 Å². The molecule has 0 saturated carbocycles. The molecule has 1 fully saturated rings. The number of hydrogen-bond donors (Lipinski definition) is 1. The van der Waals surface area contributed by atoms with Gasteiger partial charge in [0.15, 0.2) is 0 Å². The van der Waals surface area contributed by atoms with Crippen LogP contribution < -0.4 is 0 Å². The van der Waals surface area contributed by atoms with Gasteiger partial charge in [0.1, 0.15) is 0 Å². The zero-order valence-corrected chi connectivity index (χ0v) is 12.3. The first kappa shape index (κ1) is 14.9. The molecule has 0 amide bonds. The van der Waals surface area contributed by atoms with Crippen molar-refractivity contribution in [2.45, 2.75) is 58.7 Å². The Morgan fingerprint density at radius 2 is 1.94 bits per heavy atom. The van der Waals surface area contributed by atoms with Crippen LogP contribution in [0.2, 0.25) is 0 Å². The van der Waals surface area contributed by atoms with E-state index in [0.29, 0.717) is 24.7 Å². The van der Waals surface area contributed by atoms with Crippen LogP contribution in [0.15, 0.2) is 0 Å². The SMILES string of the molecule is CC(C)N1CC[N@@+](C)(C(C)C)CC1CCCO. The molecule has 0 radical (unpaired) electrons.